The topological polar surface area (TPSA) is 34.6 Å². The number of fused-ring (bicyclic) bond motifs is 2. The molecule has 4 nitrogen and oxygen atoms in total. The van der Waals surface area contributed by atoms with Gasteiger partial charge in [-0.25, -0.2) is 9.98 Å². The Bertz CT molecular complexity index is 3020. The molecule has 0 N–H and O–H groups in total. The molecule has 0 amide bonds. The van der Waals surface area contributed by atoms with E-state index in [2.05, 4.69) is 187 Å². The van der Waals surface area contributed by atoms with Crippen LogP contribution in [0.25, 0.3) is 22.3 Å². The van der Waals surface area contributed by atoms with Crippen molar-refractivity contribution in [1.29, 1.82) is 0 Å². The zero-order valence-corrected chi connectivity index (χ0v) is 39.1. The van der Waals surface area contributed by atoms with Gasteiger partial charge < -0.3 is 7.10 Å². The molecule has 6 heterocycles. The molecule has 4 aliphatic heterocycles. The van der Waals surface area contributed by atoms with Crippen LogP contribution in [-0.4, -0.2) is 34.2 Å². The SMILES string of the molecule is Cc1cc(C)c(C2=C3C=CC(=N3)C(c3c(C)cc(C)cc3C)=c3ccc4[n]3[AlH][n]3c2ccc3C(c2c(C)cc(C)cc2C)=C2C=CC(=N2)C=4c2c(C)cc(C)cc2C)c(C)c1. The Hall–Kier alpha value is -5.99. The molecule has 4 aliphatic rings. The van der Waals surface area contributed by atoms with Crippen molar-refractivity contribution >= 4 is 49.4 Å². The number of hydrogen-bond acceptors (Lipinski definition) is 2. The first kappa shape index (κ1) is 39.2. The Labute approximate surface area is 367 Å². The summed E-state index contributed by atoms with van der Waals surface area (Å²) < 4.78 is 5.43. The largest absolute Gasteiger partial charge is 0.558 e. The molecule has 0 unspecified atom stereocenters. The summed E-state index contributed by atoms with van der Waals surface area (Å²) in [4.78, 5) is 11.5. The van der Waals surface area contributed by atoms with Crippen molar-refractivity contribution in [2.45, 2.75) is 83.1 Å². The van der Waals surface area contributed by atoms with E-state index in [1.165, 1.54) is 133 Å². The van der Waals surface area contributed by atoms with Gasteiger partial charge in [-0.1, -0.05) is 70.8 Å². The van der Waals surface area contributed by atoms with Crippen molar-refractivity contribution in [3.63, 3.8) is 0 Å². The minimum atomic E-state index is -1.41. The first-order valence-electron chi connectivity index (χ1n) is 21.7. The highest BCUT2D eigenvalue weighted by Crippen LogP contribution is 2.42. The molecule has 2 aromatic heterocycles. The molecule has 6 aromatic rings. The van der Waals surface area contributed by atoms with E-state index in [-0.39, 0.29) is 0 Å². The lowest BCUT2D eigenvalue weighted by molar-refractivity contribution is 1.02. The van der Waals surface area contributed by atoms with E-state index in [0.717, 1.165) is 22.8 Å². The van der Waals surface area contributed by atoms with Gasteiger partial charge in [-0.3, -0.25) is 0 Å². The van der Waals surface area contributed by atoms with Gasteiger partial charge >= 0.3 is 15.7 Å². The van der Waals surface area contributed by atoms with Crippen molar-refractivity contribution in [3.8, 4) is 0 Å². The third kappa shape index (κ3) is 6.16. The number of aromatic nitrogens is 2. The minimum absolute atomic E-state index is 1.01. The van der Waals surface area contributed by atoms with Gasteiger partial charge in [0, 0.05) is 44.4 Å². The molecular formula is C56H53AlN4. The van der Waals surface area contributed by atoms with Gasteiger partial charge in [-0.2, -0.15) is 0 Å². The number of aliphatic imine (C=N–C) groups is 2. The number of allylic oxidation sites excluding steroid dienone is 4. The molecule has 0 atom stereocenters. The van der Waals surface area contributed by atoms with Crippen LogP contribution in [0.2, 0.25) is 0 Å². The number of benzene rings is 4. The Kier molecular flexibility index (Phi) is 9.18. The summed E-state index contributed by atoms with van der Waals surface area (Å²) in [5.41, 5.74) is 31.4. The smallest absolute Gasteiger partial charge is 0.417 e. The van der Waals surface area contributed by atoms with Crippen LogP contribution < -0.4 is 10.7 Å². The summed E-state index contributed by atoms with van der Waals surface area (Å²) >= 11 is -1.41. The maximum absolute atomic E-state index is 5.73. The van der Waals surface area contributed by atoms with Crippen LogP contribution in [0.5, 0.6) is 0 Å². The fourth-order valence-corrected chi connectivity index (χ4v) is 13.3. The van der Waals surface area contributed by atoms with Gasteiger partial charge in [-0.15, -0.1) is 0 Å². The maximum Gasteiger partial charge on any atom is 0.558 e. The van der Waals surface area contributed by atoms with Crippen molar-refractivity contribution in [2.75, 3.05) is 0 Å². The maximum atomic E-state index is 5.73. The second-order valence-electron chi connectivity index (χ2n) is 18.2. The molecule has 0 aliphatic carbocycles. The van der Waals surface area contributed by atoms with Crippen molar-refractivity contribution in [3.05, 3.63) is 220 Å². The standard InChI is InChI=1S/C56H52N4.Al.H/c1-29-21-33(5)49(34(6)22-29)53-41-13-15-43(57-41)54(50-35(7)23-30(2)24-36(50)8)45-17-19-47(59-45)56(52-39(11)27-32(4)28-40(52)12)48-20-18-46(60-48)55(44-16-14-42(53)58-44)51-37(9)25-31(3)26-38(51)10;;/h13-28H,1-12H3;;/q-2;+2;. The summed E-state index contributed by atoms with van der Waals surface area (Å²) in [6, 6.07) is 28.2. The highest BCUT2D eigenvalue weighted by molar-refractivity contribution is 6.38. The van der Waals surface area contributed by atoms with Crippen LogP contribution in [0.15, 0.2) is 118 Å². The van der Waals surface area contributed by atoms with E-state index < -0.39 is 15.7 Å². The van der Waals surface area contributed by atoms with E-state index >= 15 is 0 Å². The van der Waals surface area contributed by atoms with Gasteiger partial charge in [0.1, 0.15) is 0 Å². The molecule has 300 valence electrons. The molecule has 61 heavy (non-hydrogen) atoms. The molecule has 4 aromatic carbocycles. The second kappa shape index (κ2) is 14.3. The van der Waals surface area contributed by atoms with Gasteiger partial charge in [-0.05, 0) is 198 Å². The lowest BCUT2D eigenvalue weighted by Crippen LogP contribution is -2.40. The molecule has 0 saturated heterocycles. The van der Waals surface area contributed by atoms with Gasteiger partial charge in [0.05, 0.1) is 22.8 Å². The van der Waals surface area contributed by atoms with Gasteiger partial charge in [0.15, 0.2) is 0 Å². The summed E-state index contributed by atoms with van der Waals surface area (Å²) in [5.74, 6) is 0. The zero-order valence-electron chi connectivity index (χ0n) is 37.7. The number of hydrogen-bond donors (Lipinski definition) is 0. The number of aryl methyl sites for hydroxylation is 12. The van der Waals surface area contributed by atoms with E-state index in [1.54, 1.807) is 0 Å². The third-order valence-electron chi connectivity index (χ3n) is 13.3. The molecule has 0 spiro atoms. The summed E-state index contributed by atoms with van der Waals surface area (Å²) in [6.45, 7) is 27.0. The molecular weight excluding hydrogens is 756 g/mol. The first-order valence-corrected chi connectivity index (χ1v) is 22.9. The predicted molar refractivity (Wildman–Crippen MR) is 259 cm³/mol. The van der Waals surface area contributed by atoms with Crippen molar-refractivity contribution in [2.24, 2.45) is 9.98 Å². The molecule has 6 bridgehead atoms. The highest BCUT2D eigenvalue weighted by atomic mass is 27.1. The van der Waals surface area contributed by atoms with E-state index in [0.29, 0.717) is 0 Å². The van der Waals surface area contributed by atoms with Crippen LogP contribution in [0, 0.1) is 83.1 Å². The fraction of sp³-hybridized carbons (Fsp3) is 0.214. The van der Waals surface area contributed by atoms with E-state index in [4.69, 9.17) is 9.98 Å². The number of nitrogens with zero attached hydrogens (tertiary/aromatic N) is 4. The average molecular weight is 809 g/mol. The monoisotopic (exact) mass is 808 g/mol. The van der Waals surface area contributed by atoms with Crippen LogP contribution in [-0.2, 0) is 0 Å². The first-order chi connectivity index (χ1) is 29.2. The predicted octanol–water partition coefficient (Wildman–Crippen LogP) is 10.6. The van der Waals surface area contributed by atoms with Gasteiger partial charge in [0.25, 0.3) is 0 Å². The zero-order chi connectivity index (χ0) is 42.8. The molecule has 0 radical (unpaired) electrons. The Balaban J connectivity index is 1.47. The van der Waals surface area contributed by atoms with Crippen molar-refractivity contribution < 1.29 is 0 Å². The number of rotatable bonds is 4. The van der Waals surface area contributed by atoms with Crippen LogP contribution in [0.4, 0.5) is 0 Å². The van der Waals surface area contributed by atoms with Gasteiger partial charge in [0.2, 0.25) is 0 Å². The average Bonchev–Trinajstić information content (AvgIpc) is 3.99. The van der Waals surface area contributed by atoms with Crippen LogP contribution in [0.1, 0.15) is 100 Å². The summed E-state index contributed by atoms with van der Waals surface area (Å²) in [5, 5.41) is 2.41. The molecule has 10 rings (SSSR count). The van der Waals surface area contributed by atoms with Crippen LogP contribution >= 0.6 is 0 Å². The summed E-state index contributed by atoms with van der Waals surface area (Å²) in [7, 11) is 0. The Morgan fingerprint density at radius 2 is 0.639 bits per heavy atom. The lowest BCUT2D eigenvalue weighted by atomic mass is 9.90. The van der Waals surface area contributed by atoms with E-state index in [1.807, 2.05) is 0 Å². The summed E-state index contributed by atoms with van der Waals surface area (Å²) in [6.07, 6.45) is 9.11. The third-order valence-corrected chi connectivity index (χ3v) is 15.2. The minimum Gasteiger partial charge on any atom is -0.417 e. The lowest BCUT2D eigenvalue weighted by Gasteiger charge is -2.25. The molecule has 0 saturated carbocycles. The highest BCUT2D eigenvalue weighted by Gasteiger charge is 2.32. The normalized spacial score (nSPS) is 15.2. The quantitative estimate of drug-likeness (QED) is 0.159. The van der Waals surface area contributed by atoms with E-state index in [9.17, 15) is 0 Å². The molecule has 5 heteroatoms. The Morgan fingerprint density at radius 1 is 0.344 bits per heavy atom. The molecule has 0 fully saturated rings. The second-order valence-corrected chi connectivity index (χ2v) is 19.8. The van der Waals surface area contributed by atoms with Crippen LogP contribution in [0.3, 0.4) is 0 Å². The Morgan fingerprint density at radius 3 is 0.951 bits per heavy atom. The fourth-order valence-electron chi connectivity index (χ4n) is 11.4. The van der Waals surface area contributed by atoms with Crippen molar-refractivity contribution in [1.82, 2.24) is 7.10 Å².